The van der Waals surface area contributed by atoms with Crippen LogP contribution in [0, 0.1) is 17.2 Å². The third kappa shape index (κ3) is 3.04. The van der Waals surface area contributed by atoms with E-state index in [4.69, 9.17) is 26.3 Å². The highest BCUT2D eigenvalue weighted by molar-refractivity contribution is 6.32. The molecule has 1 aromatic rings. The van der Waals surface area contributed by atoms with E-state index < -0.39 is 0 Å². The van der Waals surface area contributed by atoms with Crippen LogP contribution in [0.5, 0.6) is 11.5 Å². The number of halogens is 1. The minimum Gasteiger partial charge on any atom is -0.497 e. The molecule has 1 aromatic carbocycles. The van der Waals surface area contributed by atoms with Crippen molar-refractivity contribution in [2.45, 2.75) is 13.8 Å². The molecule has 0 atom stereocenters. The summed E-state index contributed by atoms with van der Waals surface area (Å²) in [7, 11) is 1.53. The smallest absolute Gasteiger partial charge is 0.155 e. The Bertz CT molecular complexity index is 410. The van der Waals surface area contributed by atoms with Gasteiger partial charge in [-0.15, -0.1) is 0 Å². The molecule has 86 valence electrons. The summed E-state index contributed by atoms with van der Waals surface area (Å²) in [6, 6.07) is 5.30. The first-order valence-corrected chi connectivity index (χ1v) is 5.36. The van der Waals surface area contributed by atoms with Gasteiger partial charge in [0, 0.05) is 12.1 Å². The van der Waals surface area contributed by atoms with Crippen LogP contribution >= 0.6 is 11.6 Å². The molecule has 0 aliphatic rings. The quantitative estimate of drug-likeness (QED) is 0.810. The molecule has 0 amide bonds. The molecular formula is C12H14ClNO2. The fraction of sp³-hybridized carbons (Fsp3) is 0.417. The van der Waals surface area contributed by atoms with Crippen LogP contribution in [0.3, 0.4) is 0 Å². The molecule has 0 aromatic heterocycles. The maximum absolute atomic E-state index is 8.98. The number of methoxy groups -OCH3 is 1. The van der Waals surface area contributed by atoms with Gasteiger partial charge in [-0.3, -0.25) is 0 Å². The fourth-order valence-electron chi connectivity index (χ4n) is 1.17. The van der Waals surface area contributed by atoms with E-state index >= 15 is 0 Å². The second-order valence-corrected chi connectivity index (χ2v) is 4.21. The minimum atomic E-state index is 0.379. The van der Waals surface area contributed by atoms with Crippen molar-refractivity contribution in [2.24, 2.45) is 5.92 Å². The molecule has 0 saturated carbocycles. The normalized spacial score (nSPS) is 10.0. The summed E-state index contributed by atoms with van der Waals surface area (Å²) >= 11 is 6.02. The van der Waals surface area contributed by atoms with E-state index in [0.717, 1.165) is 0 Å². The molecule has 0 N–H and O–H groups in total. The van der Waals surface area contributed by atoms with Crippen molar-refractivity contribution in [3.8, 4) is 17.6 Å². The first-order chi connectivity index (χ1) is 7.58. The molecule has 0 radical (unpaired) electrons. The summed E-state index contributed by atoms with van der Waals surface area (Å²) in [6.45, 7) is 4.59. The van der Waals surface area contributed by atoms with Gasteiger partial charge >= 0.3 is 0 Å². The lowest BCUT2D eigenvalue weighted by atomic mass is 10.2. The molecule has 0 bridgehead atoms. The number of rotatable bonds is 4. The van der Waals surface area contributed by atoms with Crippen LogP contribution in [0.25, 0.3) is 0 Å². The van der Waals surface area contributed by atoms with Crippen molar-refractivity contribution in [1.29, 1.82) is 5.26 Å². The Hall–Kier alpha value is -1.40. The third-order valence-corrected chi connectivity index (χ3v) is 2.22. The summed E-state index contributed by atoms with van der Waals surface area (Å²) in [5.74, 6) is 1.36. The average molecular weight is 240 g/mol. The maximum Gasteiger partial charge on any atom is 0.155 e. The highest BCUT2D eigenvalue weighted by Crippen LogP contribution is 2.33. The van der Waals surface area contributed by atoms with E-state index in [1.807, 2.05) is 19.9 Å². The minimum absolute atomic E-state index is 0.379. The van der Waals surface area contributed by atoms with Crippen LogP contribution in [0.4, 0.5) is 0 Å². The van der Waals surface area contributed by atoms with Crippen LogP contribution in [-0.2, 0) is 0 Å². The number of nitrogens with zero attached hydrogens (tertiary/aromatic N) is 1. The Morgan fingerprint density at radius 1 is 1.44 bits per heavy atom. The van der Waals surface area contributed by atoms with Gasteiger partial charge in [-0.2, -0.15) is 5.26 Å². The topological polar surface area (TPSA) is 42.2 Å². The second-order valence-electron chi connectivity index (χ2n) is 3.80. The summed E-state index contributed by atoms with van der Waals surface area (Å²) in [6.07, 6.45) is 0. The molecule has 0 aliphatic carbocycles. The van der Waals surface area contributed by atoms with Gasteiger partial charge < -0.3 is 9.47 Å². The molecule has 0 spiro atoms. The molecule has 0 fully saturated rings. The molecule has 0 heterocycles. The Kier molecular flexibility index (Phi) is 4.45. The maximum atomic E-state index is 8.98. The van der Waals surface area contributed by atoms with Crippen molar-refractivity contribution < 1.29 is 9.47 Å². The second kappa shape index (κ2) is 5.62. The van der Waals surface area contributed by atoms with Gasteiger partial charge in [0.25, 0.3) is 0 Å². The lowest BCUT2D eigenvalue weighted by molar-refractivity contribution is 0.270. The number of nitriles is 1. The molecule has 0 saturated heterocycles. The first-order valence-electron chi connectivity index (χ1n) is 4.99. The zero-order valence-electron chi connectivity index (χ0n) is 9.58. The summed E-state index contributed by atoms with van der Waals surface area (Å²) in [5.41, 5.74) is 0.394. The molecule has 3 nitrogen and oxygen atoms in total. The van der Waals surface area contributed by atoms with Crippen LogP contribution < -0.4 is 9.47 Å². The van der Waals surface area contributed by atoms with Gasteiger partial charge in [0.05, 0.1) is 24.3 Å². The summed E-state index contributed by atoms with van der Waals surface area (Å²) in [5, 5.41) is 9.38. The lowest BCUT2D eigenvalue weighted by Gasteiger charge is -2.12. The molecule has 0 aliphatic heterocycles. The Labute approximate surface area is 101 Å². The first kappa shape index (κ1) is 12.7. The number of hydrogen-bond acceptors (Lipinski definition) is 3. The fourth-order valence-corrected chi connectivity index (χ4v) is 1.43. The van der Waals surface area contributed by atoms with E-state index in [0.29, 0.717) is 34.6 Å². The van der Waals surface area contributed by atoms with Crippen molar-refractivity contribution in [1.82, 2.24) is 0 Å². The molecule has 1 rings (SSSR count). The summed E-state index contributed by atoms with van der Waals surface area (Å²) in [4.78, 5) is 0. The van der Waals surface area contributed by atoms with Gasteiger partial charge in [0.2, 0.25) is 0 Å². The van der Waals surface area contributed by atoms with Gasteiger partial charge in [-0.1, -0.05) is 25.4 Å². The molecule has 16 heavy (non-hydrogen) atoms. The Balaban J connectivity index is 3.03. The van der Waals surface area contributed by atoms with Crippen molar-refractivity contribution >= 4 is 11.6 Å². The van der Waals surface area contributed by atoms with Crippen LogP contribution in [0.15, 0.2) is 12.1 Å². The van der Waals surface area contributed by atoms with Crippen LogP contribution in [-0.4, -0.2) is 13.7 Å². The van der Waals surface area contributed by atoms with E-state index in [1.165, 1.54) is 7.11 Å². The zero-order valence-corrected chi connectivity index (χ0v) is 10.3. The van der Waals surface area contributed by atoms with E-state index in [9.17, 15) is 0 Å². The molecule has 4 heteroatoms. The van der Waals surface area contributed by atoms with Crippen molar-refractivity contribution in [3.63, 3.8) is 0 Å². The van der Waals surface area contributed by atoms with Crippen molar-refractivity contribution in [2.75, 3.05) is 13.7 Å². The van der Waals surface area contributed by atoms with E-state index in [1.54, 1.807) is 12.1 Å². The zero-order chi connectivity index (χ0) is 12.1. The SMILES string of the molecule is COc1cc(Cl)c(OCC(C)C)c(C#N)c1. The van der Waals surface area contributed by atoms with Crippen LogP contribution in [0.2, 0.25) is 5.02 Å². The third-order valence-electron chi connectivity index (χ3n) is 1.93. The standard InChI is InChI=1S/C12H14ClNO2/c1-8(2)7-16-12-9(6-14)4-10(15-3)5-11(12)13/h4-5,8H,7H2,1-3H3. The van der Waals surface area contributed by atoms with Gasteiger partial charge in [0.1, 0.15) is 11.8 Å². The average Bonchev–Trinajstić information content (AvgIpc) is 2.26. The largest absolute Gasteiger partial charge is 0.497 e. The van der Waals surface area contributed by atoms with Crippen molar-refractivity contribution in [3.05, 3.63) is 22.7 Å². The van der Waals surface area contributed by atoms with Gasteiger partial charge in [-0.25, -0.2) is 0 Å². The molecule has 0 unspecified atom stereocenters. The number of ether oxygens (including phenoxy) is 2. The molecular weight excluding hydrogens is 226 g/mol. The highest BCUT2D eigenvalue weighted by atomic mass is 35.5. The highest BCUT2D eigenvalue weighted by Gasteiger charge is 2.12. The van der Waals surface area contributed by atoms with Crippen LogP contribution in [0.1, 0.15) is 19.4 Å². The van der Waals surface area contributed by atoms with Gasteiger partial charge in [0.15, 0.2) is 5.75 Å². The number of hydrogen-bond donors (Lipinski definition) is 0. The monoisotopic (exact) mass is 239 g/mol. The Morgan fingerprint density at radius 2 is 2.12 bits per heavy atom. The van der Waals surface area contributed by atoms with E-state index in [-0.39, 0.29) is 0 Å². The predicted molar refractivity (Wildman–Crippen MR) is 63.1 cm³/mol. The lowest BCUT2D eigenvalue weighted by Crippen LogP contribution is -2.06. The number of benzene rings is 1. The Morgan fingerprint density at radius 3 is 2.62 bits per heavy atom. The van der Waals surface area contributed by atoms with E-state index in [2.05, 4.69) is 0 Å². The van der Waals surface area contributed by atoms with Gasteiger partial charge in [-0.05, 0) is 5.92 Å². The summed E-state index contributed by atoms with van der Waals surface area (Å²) < 4.78 is 10.5. The predicted octanol–water partition coefficient (Wildman–Crippen LogP) is 3.26.